The van der Waals surface area contributed by atoms with E-state index in [9.17, 15) is 0 Å². The van der Waals surface area contributed by atoms with Crippen molar-refractivity contribution in [1.29, 1.82) is 0 Å². The molecule has 0 atom stereocenters. The van der Waals surface area contributed by atoms with Crippen molar-refractivity contribution in [3.8, 4) is 5.75 Å². The Morgan fingerprint density at radius 1 is 1.38 bits per heavy atom. The minimum absolute atomic E-state index is 0.745. The lowest BCUT2D eigenvalue weighted by molar-refractivity contribution is 0.413. The van der Waals surface area contributed by atoms with Crippen LogP contribution < -0.4 is 4.74 Å². The fraction of sp³-hybridized carbons (Fsp3) is 0.300. The number of thiocarbonyl (C=S) groups is 1. The zero-order chi connectivity index (χ0) is 9.84. The van der Waals surface area contributed by atoms with Gasteiger partial charge in [-0.25, -0.2) is 0 Å². The maximum Gasteiger partial charge on any atom is 0.148 e. The molecule has 3 heteroatoms. The standard InChI is InChI=1S/C10H11NOS/c1-7-4-8(2)10(12-3)9(5-7)11-6-13/h4-5H,1-3H3. The molecule has 0 heterocycles. The summed E-state index contributed by atoms with van der Waals surface area (Å²) in [6.45, 7) is 3.99. The maximum atomic E-state index is 5.20. The fourth-order valence-corrected chi connectivity index (χ4v) is 1.43. The second kappa shape index (κ2) is 4.17. The van der Waals surface area contributed by atoms with Crippen LogP contribution in [0.2, 0.25) is 0 Å². The van der Waals surface area contributed by atoms with Gasteiger partial charge >= 0.3 is 0 Å². The molecule has 0 aliphatic rings. The molecule has 0 amide bonds. The second-order valence-corrected chi connectivity index (χ2v) is 3.02. The van der Waals surface area contributed by atoms with E-state index in [0.717, 1.165) is 22.6 Å². The Bertz CT molecular complexity index is 367. The summed E-state index contributed by atoms with van der Waals surface area (Å²) in [5.41, 5.74) is 2.95. The lowest BCUT2D eigenvalue weighted by atomic mass is 10.1. The predicted octanol–water partition coefficient (Wildman–Crippen LogP) is 3.05. The summed E-state index contributed by atoms with van der Waals surface area (Å²) < 4.78 is 5.20. The molecular weight excluding hydrogens is 182 g/mol. The number of aliphatic imine (C=N–C) groups is 1. The number of isothiocyanates is 1. The molecule has 0 aliphatic heterocycles. The van der Waals surface area contributed by atoms with Crippen LogP contribution in [0.5, 0.6) is 5.75 Å². The quantitative estimate of drug-likeness (QED) is 0.532. The van der Waals surface area contributed by atoms with E-state index in [2.05, 4.69) is 22.4 Å². The maximum absolute atomic E-state index is 5.20. The van der Waals surface area contributed by atoms with E-state index < -0.39 is 0 Å². The van der Waals surface area contributed by atoms with Crippen LogP contribution in [0, 0.1) is 13.8 Å². The first-order chi connectivity index (χ1) is 6.19. The first-order valence-electron chi connectivity index (χ1n) is 3.92. The largest absolute Gasteiger partial charge is 0.494 e. The molecule has 2 nitrogen and oxygen atoms in total. The highest BCUT2D eigenvalue weighted by atomic mass is 32.1. The number of methoxy groups -OCH3 is 1. The SMILES string of the molecule is COc1c(C)cc(C)cc1N=C=S. The molecule has 0 bridgehead atoms. The molecule has 0 unspecified atom stereocenters. The molecule has 0 saturated heterocycles. The Morgan fingerprint density at radius 2 is 2.08 bits per heavy atom. The summed E-state index contributed by atoms with van der Waals surface area (Å²) in [6, 6.07) is 3.96. The van der Waals surface area contributed by atoms with Crippen molar-refractivity contribution in [2.24, 2.45) is 4.99 Å². The minimum atomic E-state index is 0.745. The van der Waals surface area contributed by atoms with Gasteiger partial charge in [-0.15, -0.1) is 0 Å². The molecule has 1 rings (SSSR count). The van der Waals surface area contributed by atoms with Gasteiger partial charge in [0.25, 0.3) is 0 Å². The number of benzene rings is 1. The Labute approximate surface area is 83.3 Å². The number of aryl methyl sites for hydroxylation is 2. The molecule has 1 aromatic rings. The van der Waals surface area contributed by atoms with E-state index in [1.54, 1.807) is 7.11 Å². The van der Waals surface area contributed by atoms with Gasteiger partial charge in [-0.2, -0.15) is 4.99 Å². The van der Waals surface area contributed by atoms with Gasteiger partial charge in [0.05, 0.1) is 12.3 Å². The third-order valence-corrected chi connectivity index (χ3v) is 1.86. The molecule has 0 aromatic heterocycles. The molecule has 0 spiro atoms. The Balaban J connectivity index is 3.37. The number of ether oxygens (including phenoxy) is 1. The van der Waals surface area contributed by atoms with Gasteiger partial charge in [0.2, 0.25) is 0 Å². The van der Waals surface area contributed by atoms with Crippen molar-refractivity contribution in [1.82, 2.24) is 0 Å². The van der Waals surface area contributed by atoms with Gasteiger partial charge in [-0.3, -0.25) is 0 Å². The van der Waals surface area contributed by atoms with E-state index in [4.69, 9.17) is 4.74 Å². The van der Waals surface area contributed by atoms with Crippen LogP contribution in [-0.2, 0) is 0 Å². The molecule has 0 saturated carbocycles. The van der Waals surface area contributed by atoms with E-state index in [-0.39, 0.29) is 0 Å². The zero-order valence-electron chi connectivity index (χ0n) is 7.92. The lowest BCUT2D eigenvalue weighted by Gasteiger charge is -2.07. The average molecular weight is 193 g/mol. The van der Waals surface area contributed by atoms with Crippen molar-refractivity contribution in [3.63, 3.8) is 0 Å². The topological polar surface area (TPSA) is 21.6 Å². The Kier molecular flexibility index (Phi) is 3.18. The Hall–Kier alpha value is -1.18. The summed E-state index contributed by atoms with van der Waals surface area (Å²) in [4.78, 5) is 3.94. The van der Waals surface area contributed by atoms with Crippen LogP contribution in [0.25, 0.3) is 0 Å². The molecular formula is C10H11NOS. The van der Waals surface area contributed by atoms with Crippen molar-refractivity contribution >= 4 is 23.1 Å². The minimum Gasteiger partial charge on any atom is -0.494 e. The summed E-state index contributed by atoms with van der Waals surface area (Å²) in [5.74, 6) is 0.767. The van der Waals surface area contributed by atoms with Crippen LogP contribution in [0.3, 0.4) is 0 Å². The number of hydrogen-bond donors (Lipinski definition) is 0. The van der Waals surface area contributed by atoms with Crippen LogP contribution in [0.4, 0.5) is 5.69 Å². The van der Waals surface area contributed by atoms with Crippen LogP contribution in [-0.4, -0.2) is 12.3 Å². The van der Waals surface area contributed by atoms with E-state index in [1.165, 1.54) is 0 Å². The first kappa shape index (κ1) is 9.90. The number of hydrogen-bond acceptors (Lipinski definition) is 3. The summed E-state index contributed by atoms with van der Waals surface area (Å²) >= 11 is 4.56. The van der Waals surface area contributed by atoms with Gasteiger partial charge < -0.3 is 4.74 Å². The average Bonchev–Trinajstić information content (AvgIpc) is 2.04. The van der Waals surface area contributed by atoms with Crippen LogP contribution in [0.15, 0.2) is 17.1 Å². The molecule has 0 radical (unpaired) electrons. The van der Waals surface area contributed by atoms with Crippen LogP contribution in [0.1, 0.15) is 11.1 Å². The summed E-state index contributed by atoms with van der Waals surface area (Å²) in [7, 11) is 1.63. The number of nitrogens with zero attached hydrogens (tertiary/aromatic N) is 1. The molecule has 68 valence electrons. The highest BCUT2D eigenvalue weighted by Crippen LogP contribution is 2.31. The van der Waals surface area contributed by atoms with E-state index in [1.807, 2.05) is 26.0 Å². The summed E-state index contributed by atoms with van der Waals surface area (Å²) in [6.07, 6.45) is 0. The molecule has 0 fully saturated rings. The lowest BCUT2D eigenvalue weighted by Crippen LogP contribution is -1.88. The zero-order valence-corrected chi connectivity index (χ0v) is 8.73. The highest BCUT2D eigenvalue weighted by molar-refractivity contribution is 7.78. The smallest absolute Gasteiger partial charge is 0.148 e. The van der Waals surface area contributed by atoms with Crippen molar-refractivity contribution in [3.05, 3.63) is 23.3 Å². The number of rotatable bonds is 2. The monoisotopic (exact) mass is 193 g/mol. The third kappa shape index (κ3) is 2.14. The van der Waals surface area contributed by atoms with Gasteiger partial charge in [0, 0.05) is 0 Å². The highest BCUT2D eigenvalue weighted by Gasteiger charge is 2.05. The normalized spacial score (nSPS) is 9.15. The second-order valence-electron chi connectivity index (χ2n) is 2.84. The van der Waals surface area contributed by atoms with E-state index in [0.29, 0.717) is 0 Å². The molecule has 0 N–H and O–H groups in total. The van der Waals surface area contributed by atoms with Crippen molar-refractivity contribution < 1.29 is 4.74 Å². The van der Waals surface area contributed by atoms with Crippen molar-refractivity contribution in [2.75, 3.05) is 7.11 Å². The molecule has 0 aliphatic carbocycles. The van der Waals surface area contributed by atoms with Crippen LogP contribution >= 0.6 is 12.2 Å². The summed E-state index contributed by atoms with van der Waals surface area (Å²) in [5, 5.41) is 2.34. The van der Waals surface area contributed by atoms with Gasteiger partial charge in [-0.05, 0) is 43.3 Å². The van der Waals surface area contributed by atoms with Gasteiger partial charge in [0.1, 0.15) is 11.4 Å². The Morgan fingerprint density at radius 3 is 2.62 bits per heavy atom. The predicted molar refractivity (Wildman–Crippen MR) is 57.2 cm³/mol. The van der Waals surface area contributed by atoms with E-state index >= 15 is 0 Å². The van der Waals surface area contributed by atoms with Gasteiger partial charge in [0.15, 0.2) is 0 Å². The molecule has 13 heavy (non-hydrogen) atoms. The fourth-order valence-electron chi connectivity index (χ4n) is 1.33. The molecule has 1 aromatic carbocycles. The first-order valence-corrected chi connectivity index (χ1v) is 4.33. The van der Waals surface area contributed by atoms with Gasteiger partial charge in [-0.1, -0.05) is 6.07 Å². The van der Waals surface area contributed by atoms with Crippen molar-refractivity contribution in [2.45, 2.75) is 13.8 Å². The third-order valence-electron chi connectivity index (χ3n) is 1.77.